The molecule has 0 aliphatic carbocycles. The van der Waals surface area contributed by atoms with Crippen molar-refractivity contribution in [2.24, 2.45) is 17.8 Å². The van der Waals surface area contributed by atoms with E-state index >= 15 is 0 Å². The standard InChI is InChI=1S/C48H83N5O14S/c1-15-21-50-27-48(59)33(8)64-38(24-46(48,10)62-14)66-40-30(5)42(45(9,57)23-28(3)26-51-32(7)41(55)47(11,58)37(16-2)65-43(56)31(40)6)67-44-39(54)36(22-29(4)63-44)53(13)68(60,61)52(12)35-19-17-34(25-49)18-20-35/h17-20,28-33,36-42,44,50-51,54-55,57-59H,15-16,21-24,26-27H2,1-14H3/t28-,29-,30+,31-,32-,33+,36+,37-,38+,39-,40+,41-,42-,44+,45-,46-,47-,48+/m1/s1. The largest absolute Gasteiger partial charge is 0.459 e. The monoisotopic (exact) mass is 986 g/mol. The Labute approximate surface area is 404 Å². The lowest BCUT2D eigenvalue weighted by molar-refractivity contribution is -0.336. The number of nitrogens with one attached hydrogen (secondary N) is 2. The van der Waals surface area contributed by atoms with E-state index in [4.69, 9.17) is 28.4 Å². The van der Waals surface area contributed by atoms with Crippen molar-refractivity contribution < 1.29 is 67.2 Å². The van der Waals surface area contributed by atoms with E-state index in [-0.39, 0.29) is 44.7 Å². The van der Waals surface area contributed by atoms with Crippen LogP contribution in [0, 0.1) is 29.1 Å². The third-order valence-corrected chi connectivity index (χ3v) is 16.8. The van der Waals surface area contributed by atoms with Crippen molar-refractivity contribution >= 4 is 21.9 Å². The van der Waals surface area contributed by atoms with Gasteiger partial charge in [-0.1, -0.05) is 27.7 Å². The highest BCUT2D eigenvalue weighted by Gasteiger charge is 2.58. The molecule has 0 saturated carbocycles. The molecule has 3 heterocycles. The number of hydrogen-bond donors (Lipinski definition) is 7. The van der Waals surface area contributed by atoms with Crippen molar-refractivity contribution in [3.05, 3.63) is 29.8 Å². The number of carbonyl (C=O) groups excluding carboxylic acids is 1. The fourth-order valence-electron chi connectivity index (χ4n) is 10.3. The van der Waals surface area contributed by atoms with Crippen molar-refractivity contribution in [1.29, 1.82) is 5.26 Å². The maximum absolute atomic E-state index is 14.5. The second-order valence-corrected chi connectivity index (χ2v) is 22.4. The predicted molar refractivity (Wildman–Crippen MR) is 254 cm³/mol. The van der Waals surface area contributed by atoms with Gasteiger partial charge in [-0.2, -0.15) is 18.0 Å². The Morgan fingerprint density at radius 2 is 1.60 bits per heavy atom. The molecule has 7 N–H and O–H groups in total. The molecule has 390 valence electrons. The number of likely N-dealkylation sites (N-methyl/N-ethyl adjacent to an activating group) is 1. The van der Waals surface area contributed by atoms with Gasteiger partial charge in [0.15, 0.2) is 12.6 Å². The molecule has 1 aromatic rings. The third kappa shape index (κ3) is 12.5. The number of aliphatic hydroxyl groups excluding tert-OH is 2. The fourth-order valence-corrected chi connectivity index (χ4v) is 11.6. The molecule has 0 aromatic heterocycles. The lowest BCUT2D eigenvalue weighted by Gasteiger charge is -2.53. The molecule has 18 atom stereocenters. The number of anilines is 1. The number of methoxy groups -OCH3 is 1. The van der Waals surface area contributed by atoms with Crippen molar-refractivity contribution in [3.63, 3.8) is 0 Å². The summed E-state index contributed by atoms with van der Waals surface area (Å²) >= 11 is 0. The number of ether oxygens (including phenoxy) is 6. The summed E-state index contributed by atoms with van der Waals surface area (Å²) in [6.45, 7) is 19.9. The Hall–Kier alpha value is -2.59. The zero-order valence-electron chi connectivity index (χ0n) is 42.7. The number of cyclic esters (lactones) is 1. The van der Waals surface area contributed by atoms with Crippen molar-refractivity contribution in [1.82, 2.24) is 14.9 Å². The minimum atomic E-state index is -4.29. The number of hydrogen-bond acceptors (Lipinski definition) is 17. The second kappa shape index (κ2) is 23.3. The summed E-state index contributed by atoms with van der Waals surface area (Å²) in [6, 6.07) is 6.29. The number of aliphatic hydroxyl groups is 5. The Morgan fingerprint density at radius 3 is 2.18 bits per heavy atom. The molecule has 1 aromatic carbocycles. The summed E-state index contributed by atoms with van der Waals surface area (Å²) in [7, 11) is -0.0746. The zero-order valence-corrected chi connectivity index (χ0v) is 43.5. The van der Waals surface area contributed by atoms with Crippen LogP contribution in [0.3, 0.4) is 0 Å². The first-order chi connectivity index (χ1) is 31.6. The second-order valence-electron chi connectivity index (χ2n) is 20.4. The van der Waals surface area contributed by atoms with Crippen LogP contribution in [0.25, 0.3) is 0 Å². The van der Waals surface area contributed by atoms with E-state index < -0.39 is 118 Å². The predicted octanol–water partition coefficient (Wildman–Crippen LogP) is 2.55. The van der Waals surface area contributed by atoms with Gasteiger partial charge in [0.25, 0.3) is 0 Å². The number of carbonyl (C=O) groups is 1. The third-order valence-electron chi connectivity index (χ3n) is 14.9. The molecular weight excluding hydrogens is 903 g/mol. The zero-order chi connectivity index (χ0) is 51.3. The van der Waals surface area contributed by atoms with Crippen molar-refractivity contribution in [3.8, 4) is 6.07 Å². The van der Waals surface area contributed by atoms with Crippen LogP contribution in [0.4, 0.5) is 5.69 Å². The van der Waals surface area contributed by atoms with Crippen molar-refractivity contribution in [2.75, 3.05) is 45.1 Å². The number of nitrogens with zero attached hydrogens (tertiary/aromatic N) is 3. The van der Waals surface area contributed by atoms with Gasteiger partial charge >= 0.3 is 16.2 Å². The normalized spacial score (nSPS) is 41.5. The molecule has 3 aliphatic heterocycles. The molecule has 3 aliphatic rings. The van der Waals surface area contributed by atoms with Gasteiger partial charge in [-0.05, 0) is 117 Å². The van der Waals surface area contributed by atoms with Crippen LogP contribution in [-0.2, 0) is 43.4 Å². The molecule has 3 saturated heterocycles. The average Bonchev–Trinajstić information content (AvgIpc) is 3.29. The average molecular weight is 986 g/mol. The quantitative estimate of drug-likeness (QED) is 0.104. The Bertz CT molecular complexity index is 1940. The van der Waals surface area contributed by atoms with E-state index in [1.54, 1.807) is 55.4 Å². The fraction of sp³-hybridized carbons (Fsp3) is 0.833. The minimum Gasteiger partial charge on any atom is -0.459 e. The van der Waals surface area contributed by atoms with E-state index in [0.29, 0.717) is 17.8 Å². The van der Waals surface area contributed by atoms with Gasteiger partial charge in [-0.3, -0.25) is 9.10 Å². The highest BCUT2D eigenvalue weighted by Crippen LogP contribution is 2.43. The molecule has 0 radical (unpaired) electrons. The molecule has 3 fully saturated rings. The summed E-state index contributed by atoms with van der Waals surface area (Å²) in [6.07, 6.45) is -9.62. The molecule has 4 rings (SSSR count). The number of nitriles is 1. The summed E-state index contributed by atoms with van der Waals surface area (Å²) < 4.78 is 68.9. The summed E-state index contributed by atoms with van der Waals surface area (Å²) in [5, 5.41) is 76.1. The van der Waals surface area contributed by atoms with E-state index in [2.05, 4.69) is 10.6 Å². The lowest BCUT2D eigenvalue weighted by atomic mass is 9.75. The molecule has 20 heteroatoms. The van der Waals surface area contributed by atoms with E-state index in [1.165, 1.54) is 52.4 Å². The van der Waals surface area contributed by atoms with Crippen LogP contribution in [0.2, 0.25) is 0 Å². The van der Waals surface area contributed by atoms with Crippen LogP contribution in [0.5, 0.6) is 0 Å². The van der Waals surface area contributed by atoms with Gasteiger partial charge < -0.3 is 64.6 Å². The first-order valence-corrected chi connectivity index (χ1v) is 25.5. The molecule has 0 spiro atoms. The van der Waals surface area contributed by atoms with E-state index in [1.807, 2.05) is 19.9 Å². The number of esters is 1. The Kier molecular flexibility index (Phi) is 19.9. The van der Waals surface area contributed by atoms with Gasteiger partial charge in [0, 0.05) is 46.1 Å². The highest BCUT2D eigenvalue weighted by atomic mass is 32.2. The van der Waals surface area contributed by atoms with Crippen LogP contribution in [-0.4, -0.2) is 175 Å². The Morgan fingerprint density at radius 1 is 0.971 bits per heavy atom. The maximum atomic E-state index is 14.5. The van der Waals surface area contributed by atoms with Gasteiger partial charge in [0.2, 0.25) is 0 Å². The molecule has 0 amide bonds. The topological polar surface area (TPSA) is 262 Å². The molecule has 0 unspecified atom stereocenters. The van der Waals surface area contributed by atoms with Crippen LogP contribution in [0.1, 0.15) is 114 Å². The lowest BCUT2D eigenvalue weighted by Crippen LogP contribution is -2.70. The minimum absolute atomic E-state index is 0.00545. The van der Waals surface area contributed by atoms with E-state index in [9.17, 15) is 44.0 Å². The molecule has 68 heavy (non-hydrogen) atoms. The Balaban J connectivity index is 1.81. The SMILES string of the molecule is CCCNC[C@]1(O)[C@H](C)O[C@@H](O[C@H]2[C@H](C)[C@@H](O[C@@H]3O[C@H](C)C[C@H](N(C)S(=O)(=O)N(C)c4ccc(C#N)cc4)[C@H]3O)[C@](C)(O)C[C@@H](C)CN[C@H](C)[C@@H](O)[C@](C)(O)[C@@H](CC)OC(=O)[C@@H]2C)C[C@@]1(C)OC. The number of benzene rings is 1. The molecular formula is C48H83N5O14S. The van der Waals surface area contributed by atoms with Crippen LogP contribution >= 0.6 is 0 Å². The van der Waals surface area contributed by atoms with Crippen molar-refractivity contribution in [2.45, 2.75) is 198 Å². The van der Waals surface area contributed by atoms with Crippen LogP contribution in [0.15, 0.2) is 24.3 Å². The molecule has 0 bridgehead atoms. The maximum Gasteiger partial charge on any atom is 0.311 e. The first-order valence-electron chi connectivity index (χ1n) is 24.1. The summed E-state index contributed by atoms with van der Waals surface area (Å²) in [4.78, 5) is 14.5. The molecule has 19 nitrogen and oxygen atoms in total. The number of rotatable bonds is 14. The van der Waals surface area contributed by atoms with Gasteiger partial charge in [0.05, 0.1) is 59.3 Å². The first kappa shape index (κ1) is 58.0. The van der Waals surface area contributed by atoms with E-state index in [0.717, 1.165) is 15.0 Å². The smallest absolute Gasteiger partial charge is 0.311 e. The van der Waals surface area contributed by atoms with Crippen LogP contribution < -0.4 is 14.9 Å². The highest BCUT2D eigenvalue weighted by molar-refractivity contribution is 7.90. The van der Waals surface area contributed by atoms with Gasteiger partial charge in [0.1, 0.15) is 35.1 Å². The summed E-state index contributed by atoms with van der Waals surface area (Å²) in [5.41, 5.74) is -5.75. The van der Waals surface area contributed by atoms with Gasteiger partial charge in [-0.15, -0.1) is 0 Å². The van der Waals surface area contributed by atoms with Gasteiger partial charge in [-0.25, -0.2) is 0 Å². The summed E-state index contributed by atoms with van der Waals surface area (Å²) in [5.74, 6) is -3.21.